The van der Waals surface area contributed by atoms with Crippen molar-refractivity contribution in [1.29, 1.82) is 0 Å². The fourth-order valence-electron chi connectivity index (χ4n) is 2.51. The first-order valence-corrected chi connectivity index (χ1v) is 6.83. The number of piperidine rings is 1. The van der Waals surface area contributed by atoms with Crippen LogP contribution in [0.15, 0.2) is 0 Å². The molecule has 1 heterocycles. The maximum Gasteiger partial charge on any atom is 0.224 e. The highest BCUT2D eigenvalue weighted by atomic mass is 16.1. The summed E-state index contributed by atoms with van der Waals surface area (Å²) in [6.45, 7) is 5.65. The molecule has 0 aromatic rings. The Morgan fingerprint density at radius 1 is 1.59 bits per heavy atom. The van der Waals surface area contributed by atoms with Gasteiger partial charge < -0.3 is 16.0 Å². The molecular formula is C13H27N3O. The van der Waals surface area contributed by atoms with Crippen LogP contribution in [0.5, 0.6) is 0 Å². The molecule has 1 fully saturated rings. The predicted molar refractivity (Wildman–Crippen MR) is 70.7 cm³/mol. The first kappa shape index (κ1) is 14.5. The third-order valence-electron chi connectivity index (χ3n) is 3.72. The van der Waals surface area contributed by atoms with Gasteiger partial charge in [0, 0.05) is 25.6 Å². The Bertz CT molecular complexity index is 229. The Morgan fingerprint density at radius 2 is 2.35 bits per heavy atom. The summed E-state index contributed by atoms with van der Waals surface area (Å²) in [6.07, 6.45) is 4.51. The molecule has 100 valence electrons. The van der Waals surface area contributed by atoms with Gasteiger partial charge in [-0.25, -0.2) is 0 Å². The molecular weight excluding hydrogens is 214 g/mol. The smallest absolute Gasteiger partial charge is 0.224 e. The lowest BCUT2D eigenvalue weighted by Crippen LogP contribution is -2.37. The zero-order valence-corrected chi connectivity index (χ0v) is 11.2. The molecule has 0 spiro atoms. The summed E-state index contributed by atoms with van der Waals surface area (Å²) in [7, 11) is 2.17. The zero-order valence-electron chi connectivity index (χ0n) is 11.2. The van der Waals surface area contributed by atoms with Crippen molar-refractivity contribution in [2.24, 2.45) is 17.6 Å². The van der Waals surface area contributed by atoms with E-state index in [4.69, 9.17) is 5.73 Å². The summed E-state index contributed by atoms with van der Waals surface area (Å²) in [5.41, 5.74) is 5.55. The van der Waals surface area contributed by atoms with E-state index in [1.54, 1.807) is 0 Å². The van der Waals surface area contributed by atoms with Crippen molar-refractivity contribution < 1.29 is 4.79 Å². The molecule has 1 amide bonds. The topological polar surface area (TPSA) is 58.4 Å². The van der Waals surface area contributed by atoms with Crippen molar-refractivity contribution in [3.05, 3.63) is 0 Å². The van der Waals surface area contributed by atoms with Crippen molar-refractivity contribution in [3.63, 3.8) is 0 Å². The van der Waals surface area contributed by atoms with E-state index in [1.807, 2.05) is 6.92 Å². The van der Waals surface area contributed by atoms with E-state index >= 15 is 0 Å². The molecule has 1 aliphatic heterocycles. The highest BCUT2D eigenvalue weighted by Gasteiger charge is 2.18. The van der Waals surface area contributed by atoms with Crippen LogP contribution in [0.3, 0.4) is 0 Å². The lowest BCUT2D eigenvalue weighted by molar-refractivity contribution is -0.124. The zero-order chi connectivity index (χ0) is 12.7. The molecule has 2 atom stereocenters. The van der Waals surface area contributed by atoms with Crippen molar-refractivity contribution in [3.8, 4) is 0 Å². The van der Waals surface area contributed by atoms with E-state index in [0.29, 0.717) is 6.54 Å². The van der Waals surface area contributed by atoms with Gasteiger partial charge in [0.25, 0.3) is 0 Å². The maximum absolute atomic E-state index is 11.7. The highest BCUT2D eigenvalue weighted by Crippen LogP contribution is 2.17. The van der Waals surface area contributed by atoms with Crippen LogP contribution in [-0.2, 0) is 4.79 Å². The Kier molecular flexibility index (Phi) is 6.52. The van der Waals surface area contributed by atoms with Gasteiger partial charge in [-0.15, -0.1) is 0 Å². The van der Waals surface area contributed by atoms with Crippen LogP contribution >= 0.6 is 0 Å². The number of nitrogens with one attached hydrogen (secondary N) is 1. The first-order valence-electron chi connectivity index (χ1n) is 6.83. The first-order chi connectivity index (χ1) is 8.17. The largest absolute Gasteiger partial charge is 0.356 e. The molecule has 0 radical (unpaired) electrons. The number of hydrogen-bond acceptors (Lipinski definition) is 3. The van der Waals surface area contributed by atoms with Gasteiger partial charge in [-0.3, -0.25) is 4.79 Å². The number of hydrogen-bond donors (Lipinski definition) is 2. The minimum Gasteiger partial charge on any atom is -0.356 e. The molecule has 1 aliphatic rings. The number of nitrogens with two attached hydrogens (primary N) is 1. The molecule has 3 N–H and O–H groups in total. The van der Waals surface area contributed by atoms with Crippen LogP contribution in [0.4, 0.5) is 0 Å². The second-order valence-corrected chi connectivity index (χ2v) is 5.19. The van der Waals surface area contributed by atoms with Crippen LogP contribution in [0, 0.1) is 11.8 Å². The summed E-state index contributed by atoms with van der Waals surface area (Å²) in [5.74, 6) is 0.857. The molecule has 1 rings (SSSR count). The van der Waals surface area contributed by atoms with Gasteiger partial charge in [-0.2, -0.15) is 0 Å². The van der Waals surface area contributed by atoms with Gasteiger partial charge in [-0.05, 0) is 45.2 Å². The Balaban J connectivity index is 2.16. The van der Waals surface area contributed by atoms with Crippen LogP contribution in [-0.4, -0.2) is 44.0 Å². The van der Waals surface area contributed by atoms with E-state index in [0.717, 1.165) is 25.3 Å². The summed E-state index contributed by atoms with van der Waals surface area (Å²) < 4.78 is 0. The van der Waals surface area contributed by atoms with Crippen molar-refractivity contribution in [2.45, 2.75) is 32.6 Å². The van der Waals surface area contributed by atoms with E-state index < -0.39 is 0 Å². The van der Waals surface area contributed by atoms with Crippen LogP contribution in [0.25, 0.3) is 0 Å². The molecule has 0 saturated carbocycles. The normalized spacial score (nSPS) is 23.4. The predicted octanol–water partition coefficient (Wildman–Crippen LogP) is 0.819. The van der Waals surface area contributed by atoms with Gasteiger partial charge in [0.05, 0.1) is 0 Å². The second kappa shape index (κ2) is 7.67. The van der Waals surface area contributed by atoms with Crippen LogP contribution in [0.2, 0.25) is 0 Å². The average molecular weight is 241 g/mol. The maximum atomic E-state index is 11.7. The van der Waals surface area contributed by atoms with Crippen molar-refractivity contribution >= 4 is 5.91 Å². The van der Waals surface area contributed by atoms with Crippen molar-refractivity contribution in [2.75, 3.05) is 33.2 Å². The highest BCUT2D eigenvalue weighted by molar-refractivity contribution is 5.78. The number of carbonyl (C=O) groups is 1. The number of rotatable bonds is 6. The standard InChI is InChI=1S/C13H27N3O/c1-3-12(9-14)13(17)15-7-6-11-5-4-8-16(2)10-11/h11-12H,3-10,14H2,1-2H3,(H,15,17). The third kappa shape index (κ3) is 5.04. The average Bonchev–Trinajstić information content (AvgIpc) is 2.30. The third-order valence-corrected chi connectivity index (χ3v) is 3.72. The lowest BCUT2D eigenvalue weighted by Gasteiger charge is -2.29. The number of nitrogens with zero attached hydrogens (tertiary/aromatic N) is 1. The van der Waals surface area contributed by atoms with Gasteiger partial charge in [-0.1, -0.05) is 6.92 Å². The fraction of sp³-hybridized carbons (Fsp3) is 0.923. The lowest BCUT2D eigenvalue weighted by atomic mass is 9.95. The minimum absolute atomic E-state index is 0.0102. The molecule has 4 heteroatoms. The Labute approximate surface area is 105 Å². The Hall–Kier alpha value is -0.610. The van der Waals surface area contributed by atoms with Crippen LogP contribution < -0.4 is 11.1 Å². The summed E-state index contributed by atoms with van der Waals surface area (Å²) in [5, 5.41) is 3.01. The number of amides is 1. The molecule has 4 nitrogen and oxygen atoms in total. The molecule has 1 saturated heterocycles. The van der Waals surface area contributed by atoms with Crippen molar-refractivity contribution in [1.82, 2.24) is 10.2 Å². The monoisotopic (exact) mass is 241 g/mol. The fourth-order valence-corrected chi connectivity index (χ4v) is 2.51. The van der Waals surface area contributed by atoms with Gasteiger partial charge in [0.2, 0.25) is 5.91 Å². The molecule has 0 aromatic heterocycles. The number of likely N-dealkylation sites (tertiary alicyclic amines) is 1. The van der Waals surface area contributed by atoms with Gasteiger partial charge >= 0.3 is 0 Å². The summed E-state index contributed by atoms with van der Waals surface area (Å²) >= 11 is 0. The van der Waals surface area contributed by atoms with Gasteiger partial charge in [0.15, 0.2) is 0 Å². The number of carbonyl (C=O) groups excluding carboxylic acids is 1. The SMILES string of the molecule is CCC(CN)C(=O)NCCC1CCCN(C)C1. The Morgan fingerprint density at radius 3 is 2.94 bits per heavy atom. The van der Waals surface area contributed by atoms with Gasteiger partial charge in [0.1, 0.15) is 0 Å². The summed E-state index contributed by atoms with van der Waals surface area (Å²) in [4.78, 5) is 14.1. The second-order valence-electron chi connectivity index (χ2n) is 5.19. The molecule has 0 aliphatic carbocycles. The van der Waals surface area contributed by atoms with E-state index in [-0.39, 0.29) is 11.8 Å². The minimum atomic E-state index is -0.0102. The van der Waals surface area contributed by atoms with E-state index in [1.165, 1.54) is 25.9 Å². The molecule has 17 heavy (non-hydrogen) atoms. The molecule has 2 unspecified atom stereocenters. The summed E-state index contributed by atoms with van der Waals surface area (Å²) in [6, 6.07) is 0. The molecule has 0 aromatic carbocycles. The van der Waals surface area contributed by atoms with Crippen LogP contribution in [0.1, 0.15) is 32.6 Å². The molecule has 0 bridgehead atoms. The quantitative estimate of drug-likeness (QED) is 0.724. The van der Waals surface area contributed by atoms with E-state index in [2.05, 4.69) is 17.3 Å². The van der Waals surface area contributed by atoms with E-state index in [9.17, 15) is 4.79 Å².